The molecule has 0 saturated carbocycles. The van der Waals surface area contributed by atoms with Crippen LogP contribution in [0, 0.1) is 12.7 Å². The first-order valence-corrected chi connectivity index (χ1v) is 12.2. The van der Waals surface area contributed by atoms with Crippen molar-refractivity contribution in [1.29, 1.82) is 0 Å². The Balaban J connectivity index is 2.06. The van der Waals surface area contributed by atoms with E-state index in [4.69, 9.17) is 9.47 Å². The predicted molar refractivity (Wildman–Crippen MR) is 134 cm³/mol. The van der Waals surface area contributed by atoms with Gasteiger partial charge in [0.2, 0.25) is 0 Å². The number of fused-ring (bicyclic) bond motifs is 1. The Bertz CT molecular complexity index is 1590. The number of carboxylic acid groups (broad SMARTS) is 1. The van der Waals surface area contributed by atoms with Crippen LogP contribution in [0.1, 0.15) is 38.0 Å². The molecule has 0 aliphatic heterocycles. The van der Waals surface area contributed by atoms with Crippen LogP contribution in [0.5, 0.6) is 5.75 Å². The summed E-state index contributed by atoms with van der Waals surface area (Å²) in [7, 11) is 1.44. The minimum atomic E-state index is -1.86. The molecule has 0 radical (unpaired) electrons. The van der Waals surface area contributed by atoms with Gasteiger partial charge < -0.3 is 14.6 Å². The minimum absolute atomic E-state index is 0.148. The molecular weight excluding hydrogens is 505 g/mol. The molecule has 1 aromatic carbocycles. The molecule has 37 heavy (non-hydrogen) atoms. The number of hydrogen-bond acceptors (Lipinski definition) is 8. The summed E-state index contributed by atoms with van der Waals surface area (Å²) in [6.45, 7) is 6.08. The van der Waals surface area contributed by atoms with Crippen LogP contribution in [0.15, 0.2) is 40.2 Å². The highest BCUT2D eigenvalue weighted by molar-refractivity contribution is 7.21. The third-order valence-corrected chi connectivity index (χ3v) is 7.41. The molecular formula is C24H26FN5O6S. The van der Waals surface area contributed by atoms with E-state index in [1.807, 2.05) is 0 Å². The molecule has 0 unspecified atom stereocenters. The number of ether oxygens (including phenoxy) is 2. The molecule has 11 nitrogen and oxygen atoms in total. The molecule has 3 heterocycles. The number of halogens is 1. The van der Waals surface area contributed by atoms with Gasteiger partial charge in [-0.25, -0.2) is 18.5 Å². The van der Waals surface area contributed by atoms with Crippen LogP contribution in [-0.4, -0.2) is 48.9 Å². The van der Waals surface area contributed by atoms with Gasteiger partial charge >= 0.3 is 11.7 Å². The van der Waals surface area contributed by atoms with Gasteiger partial charge in [0, 0.05) is 17.7 Å². The van der Waals surface area contributed by atoms with Crippen LogP contribution in [0.4, 0.5) is 4.39 Å². The molecule has 0 aliphatic rings. The van der Waals surface area contributed by atoms with Crippen molar-refractivity contribution < 1.29 is 23.8 Å². The number of hydrogen-bond donors (Lipinski definition) is 1. The van der Waals surface area contributed by atoms with Gasteiger partial charge in [-0.2, -0.15) is 10.2 Å². The van der Waals surface area contributed by atoms with Crippen molar-refractivity contribution in [2.24, 2.45) is 0 Å². The van der Waals surface area contributed by atoms with Crippen molar-refractivity contribution in [3.8, 4) is 10.8 Å². The Kier molecular flexibility index (Phi) is 7.02. The monoisotopic (exact) mass is 531 g/mol. The Morgan fingerprint density at radius 2 is 1.92 bits per heavy atom. The molecule has 4 rings (SSSR count). The fourth-order valence-corrected chi connectivity index (χ4v) is 5.38. The van der Waals surface area contributed by atoms with Gasteiger partial charge in [-0.05, 0) is 45.9 Å². The molecule has 0 bridgehead atoms. The summed E-state index contributed by atoms with van der Waals surface area (Å²) in [6, 6.07) is 3.97. The van der Waals surface area contributed by atoms with E-state index in [2.05, 4.69) is 10.2 Å². The summed E-state index contributed by atoms with van der Waals surface area (Å²) in [5.74, 6) is -1.52. The van der Waals surface area contributed by atoms with Crippen molar-refractivity contribution in [2.45, 2.75) is 45.9 Å². The molecule has 0 aliphatic carbocycles. The van der Waals surface area contributed by atoms with Crippen molar-refractivity contribution in [1.82, 2.24) is 24.1 Å². The number of rotatable bonds is 9. The summed E-state index contributed by atoms with van der Waals surface area (Å²) >= 11 is 1.11. The maximum Gasteiger partial charge on any atom is 0.333 e. The number of carboxylic acids is 1. The van der Waals surface area contributed by atoms with Gasteiger partial charge in [-0.3, -0.25) is 9.36 Å². The molecule has 3 aromatic heterocycles. The van der Waals surface area contributed by atoms with E-state index in [1.54, 1.807) is 13.8 Å². The first-order valence-electron chi connectivity index (χ1n) is 11.4. The first-order chi connectivity index (χ1) is 17.5. The van der Waals surface area contributed by atoms with Gasteiger partial charge in [0.1, 0.15) is 33.0 Å². The normalized spacial score (nSPS) is 12.7. The Morgan fingerprint density at radius 1 is 1.24 bits per heavy atom. The highest BCUT2D eigenvalue weighted by atomic mass is 32.1. The van der Waals surface area contributed by atoms with E-state index in [0.29, 0.717) is 21.9 Å². The maximum atomic E-state index is 14.2. The van der Waals surface area contributed by atoms with Crippen molar-refractivity contribution in [3.63, 3.8) is 0 Å². The summed E-state index contributed by atoms with van der Waals surface area (Å²) in [4.78, 5) is 41.2. The van der Waals surface area contributed by atoms with Crippen LogP contribution in [0.3, 0.4) is 0 Å². The lowest BCUT2D eigenvalue weighted by Crippen LogP contribution is -2.52. The van der Waals surface area contributed by atoms with Crippen LogP contribution in [0.2, 0.25) is 0 Å². The van der Waals surface area contributed by atoms with E-state index >= 15 is 0 Å². The van der Waals surface area contributed by atoms with Gasteiger partial charge in [-0.1, -0.05) is 11.3 Å². The second-order valence-electron chi connectivity index (χ2n) is 8.76. The topological polar surface area (TPSA) is 130 Å². The molecule has 1 N–H and O–H groups in total. The van der Waals surface area contributed by atoms with Crippen molar-refractivity contribution in [3.05, 3.63) is 68.4 Å². The van der Waals surface area contributed by atoms with Crippen molar-refractivity contribution in [2.75, 3.05) is 13.7 Å². The van der Waals surface area contributed by atoms with Gasteiger partial charge in [0.25, 0.3) is 5.56 Å². The van der Waals surface area contributed by atoms with Crippen molar-refractivity contribution >= 4 is 27.5 Å². The van der Waals surface area contributed by atoms with Crippen LogP contribution in [0.25, 0.3) is 15.2 Å². The third-order valence-electron chi connectivity index (χ3n) is 6.12. The summed E-state index contributed by atoms with van der Waals surface area (Å²) in [6.07, 6.45) is 2.10. The van der Waals surface area contributed by atoms with E-state index < -0.39 is 34.7 Å². The zero-order valence-corrected chi connectivity index (χ0v) is 21.7. The zero-order chi connectivity index (χ0) is 27.1. The second-order valence-corrected chi connectivity index (χ2v) is 9.74. The van der Waals surface area contributed by atoms with Gasteiger partial charge in [-0.15, -0.1) is 4.80 Å². The predicted octanol–water partition coefficient (Wildman–Crippen LogP) is 2.86. The average molecular weight is 532 g/mol. The molecule has 0 fully saturated rings. The number of nitrogens with zero attached hydrogens (tertiary/aromatic N) is 5. The van der Waals surface area contributed by atoms with E-state index in [-0.39, 0.29) is 23.4 Å². The molecule has 4 aromatic rings. The van der Waals surface area contributed by atoms with Gasteiger partial charge in [0.15, 0.2) is 0 Å². The lowest BCUT2D eigenvalue weighted by atomic mass is 10.1. The quantitative estimate of drug-likeness (QED) is 0.349. The number of thiophene rings is 1. The molecule has 196 valence electrons. The Labute approximate surface area is 214 Å². The number of carbonyl (C=O) groups is 1. The number of benzene rings is 1. The zero-order valence-electron chi connectivity index (χ0n) is 20.9. The second kappa shape index (κ2) is 9.90. The molecule has 1 atom stereocenters. The first kappa shape index (κ1) is 26.2. The minimum Gasteiger partial charge on any atom is -0.496 e. The Morgan fingerprint density at radius 3 is 2.51 bits per heavy atom. The average Bonchev–Trinajstić information content (AvgIpc) is 3.49. The van der Waals surface area contributed by atoms with E-state index in [1.165, 1.54) is 60.9 Å². The fourth-order valence-electron chi connectivity index (χ4n) is 4.16. The lowest BCUT2D eigenvalue weighted by Gasteiger charge is -2.25. The SMILES string of the molecule is CCO[C@@H](Cn1c(=O)n(C(C)(C)C(=O)O)c(=O)c2c(C)c(-n3nccn3)sc21)c1cc(F)ccc1OC. The Hall–Kier alpha value is -3.84. The fraction of sp³-hybridized carbons (Fsp3) is 0.375. The number of methoxy groups -OCH3 is 1. The number of aliphatic carboxylic acids is 1. The molecule has 0 spiro atoms. The van der Waals surface area contributed by atoms with Crippen LogP contribution in [-0.2, 0) is 21.6 Å². The lowest BCUT2D eigenvalue weighted by molar-refractivity contribution is -0.146. The largest absolute Gasteiger partial charge is 0.496 e. The van der Waals surface area contributed by atoms with E-state index in [0.717, 1.165) is 15.9 Å². The molecule has 13 heteroatoms. The summed E-state index contributed by atoms with van der Waals surface area (Å²) in [5, 5.41) is 18.8. The number of aryl methyl sites for hydroxylation is 1. The molecule has 0 saturated heterocycles. The highest BCUT2D eigenvalue weighted by Crippen LogP contribution is 2.34. The molecule has 0 amide bonds. The third kappa shape index (κ3) is 4.44. The summed E-state index contributed by atoms with van der Waals surface area (Å²) < 4.78 is 27.5. The highest BCUT2D eigenvalue weighted by Gasteiger charge is 2.36. The van der Waals surface area contributed by atoms with Gasteiger partial charge in [0.05, 0.1) is 31.4 Å². The van der Waals surface area contributed by atoms with Crippen LogP contribution < -0.4 is 16.0 Å². The standard InChI is InChI=1S/C24H26FN5O6S/c1-6-36-17(15-11-14(25)7-8-16(15)35-5)12-28-21-18(13(2)20(37-21)30-26-9-10-27-30)19(31)29(23(28)34)24(3,4)22(32)33/h7-11,17H,6,12H2,1-5H3,(H,32,33)/t17-/m0/s1. The summed E-state index contributed by atoms with van der Waals surface area (Å²) in [5.41, 5.74) is -2.60. The van der Waals surface area contributed by atoms with E-state index in [9.17, 15) is 23.9 Å². The maximum absolute atomic E-state index is 14.2. The van der Waals surface area contributed by atoms with Crippen LogP contribution >= 0.6 is 11.3 Å². The number of aromatic nitrogens is 5. The smallest absolute Gasteiger partial charge is 0.333 e.